The number of benzene rings is 1. The van der Waals surface area contributed by atoms with Crippen molar-refractivity contribution < 1.29 is 9.53 Å². The minimum absolute atomic E-state index is 0.00300. The quantitative estimate of drug-likeness (QED) is 0.455. The summed E-state index contributed by atoms with van der Waals surface area (Å²) in [4.78, 5) is 16.6. The number of anilines is 1. The van der Waals surface area contributed by atoms with E-state index in [0.717, 1.165) is 6.42 Å². The van der Waals surface area contributed by atoms with Crippen LogP contribution in [0.15, 0.2) is 23.3 Å². The van der Waals surface area contributed by atoms with E-state index in [9.17, 15) is 4.79 Å². The molecule has 1 aliphatic rings. The minimum Gasteiger partial charge on any atom is -0.491 e. The summed E-state index contributed by atoms with van der Waals surface area (Å²) in [6.07, 6.45) is 1.26. The number of carbonyl (C=O) groups excluding carboxylic acids is 1. The highest BCUT2D eigenvalue weighted by atomic mass is 35.5. The molecule has 0 N–H and O–H groups in total. The third-order valence-corrected chi connectivity index (χ3v) is 3.52. The molecule has 1 aromatic rings. The highest BCUT2D eigenvalue weighted by Crippen LogP contribution is 2.35. The normalized spacial score (nSPS) is 17.7. The molecule has 21 heavy (non-hydrogen) atoms. The lowest BCUT2D eigenvalue weighted by molar-refractivity contribution is -0.117. The fourth-order valence-corrected chi connectivity index (χ4v) is 2.49. The molecular weight excluding hydrogens is 292 g/mol. The summed E-state index contributed by atoms with van der Waals surface area (Å²) < 4.78 is 5.68. The Morgan fingerprint density at radius 3 is 3.10 bits per heavy atom. The molecule has 1 heterocycles. The van der Waals surface area contributed by atoms with Crippen molar-refractivity contribution >= 4 is 23.2 Å². The van der Waals surface area contributed by atoms with Crippen LogP contribution in [0.5, 0.6) is 5.75 Å². The van der Waals surface area contributed by atoms with Crippen molar-refractivity contribution in [3.63, 3.8) is 0 Å². The van der Waals surface area contributed by atoms with Gasteiger partial charge in [-0.25, -0.2) is 0 Å². The first-order valence-corrected chi connectivity index (χ1v) is 7.27. The molecule has 1 amide bonds. The van der Waals surface area contributed by atoms with Crippen molar-refractivity contribution in [3.8, 4) is 5.75 Å². The van der Waals surface area contributed by atoms with E-state index in [1.165, 1.54) is 0 Å². The zero-order chi connectivity index (χ0) is 15.2. The van der Waals surface area contributed by atoms with Crippen LogP contribution in [0.1, 0.15) is 19.8 Å². The molecule has 2 rings (SSSR count). The summed E-state index contributed by atoms with van der Waals surface area (Å²) >= 11 is 6.04. The number of amides is 1. The van der Waals surface area contributed by atoms with Gasteiger partial charge in [0.25, 0.3) is 0 Å². The van der Waals surface area contributed by atoms with E-state index in [4.69, 9.17) is 21.9 Å². The molecule has 0 spiro atoms. The molecule has 1 fully saturated rings. The Kier molecular flexibility index (Phi) is 5.31. The van der Waals surface area contributed by atoms with Gasteiger partial charge in [-0.05, 0) is 36.1 Å². The number of azide groups is 1. The Bertz CT molecular complexity index is 572. The lowest BCUT2D eigenvalue weighted by Gasteiger charge is -2.20. The predicted octanol–water partition coefficient (Wildman–Crippen LogP) is 3.79. The second-order valence-corrected chi connectivity index (χ2v) is 5.38. The zero-order valence-corrected chi connectivity index (χ0v) is 12.6. The van der Waals surface area contributed by atoms with Crippen LogP contribution in [0, 0.1) is 5.92 Å². The van der Waals surface area contributed by atoms with Gasteiger partial charge in [0.05, 0.1) is 12.3 Å². The van der Waals surface area contributed by atoms with Crippen molar-refractivity contribution in [1.29, 1.82) is 0 Å². The molecule has 1 aliphatic heterocycles. The van der Waals surface area contributed by atoms with Crippen LogP contribution in [-0.2, 0) is 4.79 Å². The highest BCUT2D eigenvalue weighted by Gasteiger charge is 2.31. The van der Waals surface area contributed by atoms with Crippen LogP contribution in [0.4, 0.5) is 5.69 Å². The van der Waals surface area contributed by atoms with E-state index >= 15 is 0 Å². The van der Waals surface area contributed by atoms with Gasteiger partial charge in [0.15, 0.2) is 0 Å². The average Bonchev–Trinajstić information content (AvgIpc) is 2.84. The standard InChI is InChI=1S/C14H17ClN4O2/c1-2-5-21-13-4-3-11(15)7-12(13)19-9-10(6-14(19)20)8-17-18-16/h3-4,7,10H,2,5-6,8-9H2,1H3. The molecule has 0 radical (unpaired) electrons. The smallest absolute Gasteiger partial charge is 0.227 e. The molecule has 112 valence electrons. The van der Waals surface area contributed by atoms with Crippen molar-refractivity contribution in [2.45, 2.75) is 19.8 Å². The third kappa shape index (κ3) is 3.80. The molecule has 1 aromatic carbocycles. The molecular formula is C14H17ClN4O2. The van der Waals surface area contributed by atoms with Crippen LogP contribution in [0.2, 0.25) is 5.02 Å². The highest BCUT2D eigenvalue weighted by molar-refractivity contribution is 6.31. The van der Waals surface area contributed by atoms with Crippen LogP contribution >= 0.6 is 11.6 Å². The predicted molar refractivity (Wildman–Crippen MR) is 81.7 cm³/mol. The molecule has 0 saturated carbocycles. The van der Waals surface area contributed by atoms with Crippen molar-refractivity contribution in [1.82, 2.24) is 0 Å². The van der Waals surface area contributed by atoms with Gasteiger partial charge in [-0.1, -0.05) is 23.6 Å². The number of hydrogen-bond acceptors (Lipinski definition) is 3. The van der Waals surface area contributed by atoms with E-state index in [1.54, 1.807) is 23.1 Å². The van der Waals surface area contributed by atoms with Gasteiger partial charge in [0.1, 0.15) is 5.75 Å². The van der Waals surface area contributed by atoms with Gasteiger partial charge in [0, 0.05) is 29.4 Å². The maximum absolute atomic E-state index is 12.2. The Balaban J connectivity index is 2.21. The lowest BCUT2D eigenvalue weighted by atomic mass is 10.1. The third-order valence-electron chi connectivity index (χ3n) is 3.28. The molecule has 1 atom stereocenters. The number of hydrogen-bond donors (Lipinski definition) is 0. The molecule has 0 aliphatic carbocycles. The van der Waals surface area contributed by atoms with Gasteiger partial charge in [-0.2, -0.15) is 0 Å². The summed E-state index contributed by atoms with van der Waals surface area (Å²) in [6.45, 7) is 3.44. The number of halogens is 1. The topological polar surface area (TPSA) is 78.3 Å². The van der Waals surface area contributed by atoms with Gasteiger partial charge in [0.2, 0.25) is 5.91 Å². The van der Waals surface area contributed by atoms with Crippen LogP contribution < -0.4 is 9.64 Å². The molecule has 6 nitrogen and oxygen atoms in total. The summed E-state index contributed by atoms with van der Waals surface area (Å²) in [5.41, 5.74) is 9.06. The number of carbonyl (C=O) groups is 1. The Morgan fingerprint density at radius 1 is 1.57 bits per heavy atom. The van der Waals surface area contributed by atoms with E-state index < -0.39 is 0 Å². The monoisotopic (exact) mass is 308 g/mol. The maximum atomic E-state index is 12.2. The summed E-state index contributed by atoms with van der Waals surface area (Å²) in [7, 11) is 0. The first kappa shape index (κ1) is 15.5. The van der Waals surface area contributed by atoms with E-state index in [0.29, 0.717) is 42.6 Å². The van der Waals surface area contributed by atoms with Crippen LogP contribution in [-0.4, -0.2) is 25.6 Å². The van der Waals surface area contributed by atoms with E-state index in [-0.39, 0.29) is 11.8 Å². The largest absolute Gasteiger partial charge is 0.491 e. The summed E-state index contributed by atoms with van der Waals surface area (Å²) in [5, 5.41) is 4.11. The zero-order valence-electron chi connectivity index (χ0n) is 11.8. The molecule has 1 unspecified atom stereocenters. The Morgan fingerprint density at radius 2 is 2.38 bits per heavy atom. The SMILES string of the molecule is CCCOc1ccc(Cl)cc1N1CC(CN=[N+]=[N-])CC1=O. The first-order valence-electron chi connectivity index (χ1n) is 6.89. The second-order valence-electron chi connectivity index (χ2n) is 4.95. The maximum Gasteiger partial charge on any atom is 0.227 e. The Hall–Kier alpha value is -1.91. The number of ether oxygens (including phenoxy) is 1. The number of nitrogens with zero attached hydrogens (tertiary/aromatic N) is 4. The van der Waals surface area contributed by atoms with Gasteiger partial charge in [-0.3, -0.25) is 4.79 Å². The second kappa shape index (κ2) is 7.20. The molecule has 1 saturated heterocycles. The fourth-order valence-electron chi connectivity index (χ4n) is 2.32. The van der Waals surface area contributed by atoms with Gasteiger partial charge < -0.3 is 9.64 Å². The van der Waals surface area contributed by atoms with Crippen molar-refractivity contribution in [2.24, 2.45) is 11.0 Å². The van der Waals surface area contributed by atoms with Crippen molar-refractivity contribution in [2.75, 3.05) is 24.6 Å². The minimum atomic E-state index is -0.00300. The molecule has 7 heteroatoms. The average molecular weight is 309 g/mol. The van der Waals surface area contributed by atoms with Gasteiger partial charge in [-0.15, -0.1) is 0 Å². The van der Waals surface area contributed by atoms with Crippen molar-refractivity contribution in [3.05, 3.63) is 33.7 Å². The van der Waals surface area contributed by atoms with Crippen LogP contribution in [0.25, 0.3) is 10.4 Å². The number of rotatable bonds is 6. The Labute approximate surface area is 128 Å². The van der Waals surface area contributed by atoms with Gasteiger partial charge >= 0.3 is 0 Å². The summed E-state index contributed by atoms with van der Waals surface area (Å²) in [5.74, 6) is 0.683. The van der Waals surface area contributed by atoms with E-state index in [2.05, 4.69) is 10.0 Å². The van der Waals surface area contributed by atoms with Crippen LogP contribution in [0.3, 0.4) is 0 Å². The lowest BCUT2D eigenvalue weighted by Crippen LogP contribution is -2.25. The molecule has 0 aromatic heterocycles. The first-order chi connectivity index (χ1) is 10.2. The molecule has 0 bridgehead atoms. The van der Waals surface area contributed by atoms with E-state index in [1.807, 2.05) is 6.92 Å². The fraction of sp³-hybridized carbons (Fsp3) is 0.500. The summed E-state index contributed by atoms with van der Waals surface area (Å²) in [6, 6.07) is 5.26.